The van der Waals surface area contributed by atoms with Gasteiger partial charge in [0.25, 0.3) is 0 Å². The Labute approximate surface area is 80.2 Å². The fourth-order valence-corrected chi connectivity index (χ4v) is 0.556. The monoisotopic (exact) mass is 185 g/mol. The summed E-state index contributed by atoms with van der Waals surface area (Å²) in [6.07, 6.45) is -0.377. The molecule has 0 fully saturated rings. The van der Waals surface area contributed by atoms with E-state index >= 15 is 0 Å². The molecule has 0 radical (unpaired) electrons. The van der Waals surface area contributed by atoms with Crippen molar-refractivity contribution in [3.8, 4) is 0 Å². The summed E-state index contributed by atoms with van der Waals surface area (Å²) in [5, 5.41) is 2.59. The second-order valence-electron chi connectivity index (χ2n) is 4.45. The number of hydrogen-bond donors (Lipinski definition) is 1. The van der Waals surface area contributed by atoms with E-state index in [1.165, 1.54) is 0 Å². The first kappa shape index (κ1) is 12.0. The number of nitrogens with one attached hydrogen (secondary N) is 1. The van der Waals surface area contributed by atoms with E-state index < -0.39 is 0 Å². The first-order valence-corrected chi connectivity index (χ1v) is 4.36. The molecule has 0 aliphatic rings. The molecule has 0 saturated heterocycles. The van der Waals surface area contributed by atoms with Gasteiger partial charge in [-0.3, -0.25) is 0 Å². The van der Waals surface area contributed by atoms with Crippen molar-refractivity contribution in [2.45, 2.75) is 27.7 Å². The smallest absolute Gasteiger partial charge is 0.407 e. The fraction of sp³-hybridized carbons (Fsp3) is 0.700. The molecule has 0 aliphatic carbocycles. The molecule has 0 atom stereocenters. The van der Waals surface area contributed by atoms with Gasteiger partial charge in [-0.2, -0.15) is 0 Å². The lowest BCUT2D eigenvalue weighted by molar-refractivity contribution is 0.107. The quantitative estimate of drug-likeness (QED) is 0.685. The molecular weight excluding hydrogens is 166 g/mol. The van der Waals surface area contributed by atoms with Crippen LogP contribution in [0.1, 0.15) is 27.7 Å². The SMILES string of the molecule is C=C(C)CNC(=O)OCC(C)(C)C. The minimum absolute atomic E-state index is 0.0144. The van der Waals surface area contributed by atoms with Crippen molar-refractivity contribution in [1.29, 1.82) is 0 Å². The second-order valence-corrected chi connectivity index (χ2v) is 4.45. The second kappa shape index (κ2) is 4.90. The van der Waals surface area contributed by atoms with Gasteiger partial charge < -0.3 is 10.1 Å². The summed E-state index contributed by atoms with van der Waals surface area (Å²) in [5.74, 6) is 0. The number of carbonyl (C=O) groups is 1. The zero-order chi connectivity index (χ0) is 10.5. The first-order valence-electron chi connectivity index (χ1n) is 4.36. The van der Waals surface area contributed by atoms with Crippen LogP contribution in [0.15, 0.2) is 12.2 Å². The number of hydrogen-bond acceptors (Lipinski definition) is 2. The van der Waals surface area contributed by atoms with Gasteiger partial charge in [0, 0.05) is 6.54 Å². The summed E-state index contributed by atoms with van der Waals surface area (Å²) in [7, 11) is 0. The number of ether oxygens (including phenoxy) is 1. The highest BCUT2D eigenvalue weighted by Crippen LogP contribution is 2.12. The highest BCUT2D eigenvalue weighted by atomic mass is 16.5. The van der Waals surface area contributed by atoms with Crippen LogP contribution in [0.5, 0.6) is 0 Å². The van der Waals surface area contributed by atoms with Crippen LogP contribution in [0.4, 0.5) is 4.79 Å². The maximum Gasteiger partial charge on any atom is 0.407 e. The number of amides is 1. The van der Waals surface area contributed by atoms with Crippen molar-refractivity contribution in [3.63, 3.8) is 0 Å². The molecule has 13 heavy (non-hydrogen) atoms. The van der Waals surface area contributed by atoms with Crippen molar-refractivity contribution >= 4 is 6.09 Å². The van der Waals surface area contributed by atoms with Crippen molar-refractivity contribution < 1.29 is 9.53 Å². The van der Waals surface area contributed by atoms with Crippen LogP contribution in [0.2, 0.25) is 0 Å². The van der Waals surface area contributed by atoms with Gasteiger partial charge in [0.1, 0.15) is 0 Å². The lowest BCUT2D eigenvalue weighted by Gasteiger charge is -2.17. The van der Waals surface area contributed by atoms with Crippen LogP contribution in [-0.2, 0) is 4.74 Å². The minimum Gasteiger partial charge on any atom is -0.449 e. The Morgan fingerprint density at radius 3 is 2.38 bits per heavy atom. The number of rotatable bonds is 3. The van der Waals surface area contributed by atoms with E-state index in [0.717, 1.165) is 5.57 Å². The molecule has 0 spiro atoms. The Hall–Kier alpha value is -0.990. The maximum atomic E-state index is 11.0. The van der Waals surface area contributed by atoms with Crippen LogP contribution in [0, 0.1) is 5.41 Å². The van der Waals surface area contributed by atoms with Crippen molar-refractivity contribution in [1.82, 2.24) is 5.32 Å². The Bertz CT molecular complexity index is 192. The maximum absolute atomic E-state index is 11.0. The molecule has 0 unspecified atom stereocenters. The van der Waals surface area contributed by atoms with E-state index in [1.807, 2.05) is 27.7 Å². The van der Waals surface area contributed by atoms with Gasteiger partial charge in [-0.05, 0) is 12.3 Å². The standard InChI is InChI=1S/C10H19NO2/c1-8(2)6-11-9(12)13-7-10(3,4)5/h1,6-7H2,2-5H3,(H,11,12). The molecule has 0 aromatic rings. The molecule has 0 aromatic heterocycles. The van der Waals surface area contributed by atoms with Crippen LogP contribution in [-0.4, -0.2) is 19.2 Å². The van der Waals surface area contributed by atoms with Crippen molar-refractivity contribution in [2.24, 2.45) is 5.41 Å². The minimum atomic E-state index is -0.377. The molecular formula is C10H19NO2. The Morgan fingerprint density at radius 2 is 2.00 bits per heavy atom. The highest BCUT2D eigenvalue weighted by molar-refractivity contribution is 5.67. The predicted octanol–water partition coefficient (Wildman–Crippen LogP) is 2.33. The summed E-state index contributed by atoms with van der Waals surface area (Å²) >= 11 is 0. The third-order valence-electron chi connectivity index (χ3n) is 1.17. The molecule has 0 rings (SSSR count). The van der Waals surface area contributed by atoms with Crippen LogP contribution < -0.4 is 5.32 Å². The van der Waals surface area contributed by atoms with E-state index in [-0.39, 0.29) is 11.5 Å². The van der Waals surface area contributed by atoms with Gasteiger partial charge in [0.05, 0.1) is 6.61 Å². The molecule has 1 N–H and O–H groups in total. The Balaban J connectivity index is 3.58. The van der Waals surface area contributed by atoms with Crippen LogP contribution >= 0.6 is 0 Å². The summed E-state index contributed by atoms with van der Waals surface area (Å²) < 4.78 is 4.97. The van der Waals surface area contributed by atoms with Crippen molar-refractivity contribution in [3.05, 3.63) is 12.2 Å². The third kappa shape index (κ3) is 8.92. The first-order chi connectivity index (χ1) is 5.81. The summed E-state index contributed by atoms with van der Waals surface area (Å²) in [5.41, 5.74) is 0.924. The molecule has 0 aliphatic heterocycles. The zero-order valence-electron chi connectivity index (χ0n) is 8.94. The summed E-state index contributed by atoms with van der Waals surface area (Å²) in [4.78, 5) is 11.0. The van der Waals surface area contributed by atoms with Crippen LogP contribution in [0.25, 0.3) is 0 Å². The van der Waals surface area contributed by atoms with Gasteiger partial charge in [0.2, 0.25) is 0 Å². The average Bonchev–Trinajstić information content (AvgIpc) is 1.95. The molecule has 0 heterocycles. The summed E-state index contributed by atoms with van der Waals surface area (Å²) in [6.45, 7) is 12.5. The largest absolute Gasteiger partial charge is 0.449 e. The van der Waals surface area contributed by atoms with Gasteiger partial charge in [-0.15, -0.1) is 0 Å². The predicted molar refractivity (Wildman–Crippen MR) is 53.6 cm³/mol. The highest BCUT2D eigenvalue weighted by Gasteiger charge is 2.12. The third-order valence-corrected chi connectivity index (χ3v) is 1.17. The normalized spacial score (nSPS) is 10.8. The van der Waals surface area contributed by atoms with Crippen LogP contribution in [0.3, 0.4) is 0 Å². The zero-order valence-corrected chi connectivity index (χ0v) is 8.94. The van der Waals surface area contributed by atoms with Gasteiger partial charge >= 0.3 is 6.09 Å². The van der Waals surface area contributed by atoms with Gasteiger partial charge in [0.15, 0.2) is 0 Å². The molecule has 76 valence electrons. The Morgan fingerprint density at radius 1 is 1.46 bits per heavy atom. The van der Waals surface area contributed by atoms with E-state index in [2.05, 4.69) is 11.9 Å². The van der Waals surface area contributed by atoms with Crippen molar-refractivity contribution in [2.75, 3.05) is 13.2 Å². The lowest BCUT2D eigenvalue weighted by Crippen LogP contribution is -2.29. The average molecular weight is 185 g/mol. The van der Waals surface area contributed by atoms with E-state index in [1.54, 1.807) is 0 Å². The van der Waals surface area contributed by atoms with E-state index in [9.17, 15) is 4.79 Å². The molecule has 0 bridgehead atoms. The molecule has 3 nitrogen and oxygen atoms in total. The fourth-order valence-electron chi connectivity index (χ4n) is 0.556. The van der Waals surface area contributed by atoms with E-state index in [4.69, 9.17) is 4.74 Å². The van der Waals surface area contributed by atoms with Gasteiger partial charge in [-0.25, -0.2) is 4.79 Å². The number of carbonyl (C=O) groups excluding carboxylic acids is 1. The molecule has 1 amide bonds. The molecule has 0 aromatic carbocycles. The van der Waals surface area contributed by atoms with E-state index in [0.29, 0.717) is 13.2 Å². The lowest BCUT2D eigenvalue weighted by atomic mass is 9.99. The Kier molecular flexibility index (Phi) is 4.52. The van der Waals surface area contributed by atoms with Gasteiger partial charge in [-0.1, -0.05) is 32.9 Å². The topological polar surface area (TPSA) is 38.3 Å². The number of alkyl carbamates (subject to hydrolysis) is 1. The molecule has 0 saturated carbocycles. The molecule has 3 heteroatoms. The summed E-state index contributed by atoms with van der Waals surface area (Å²) in [6, 6.07) is 0.